The molecular formula is C58H54N6O8S2. The molecule has 14 nitrogen and oxygen atoms in total. The number of nitrogens with two attached hydrogens (primary N) is 1. The highest BCUT2D eigenvalue weighted by Crippen LogP contribution is 2.35. The number of nitriles is 1. The second-order valence-electron chi connectivity index (χ2n) is 18.1. The summed E-state index contributed by atoms with van der Waals surface area (Å²) >= 11 is 0. The average molecular weight is 1030 g/mol. The number of fused-ring (bicyclic) bond motifs is 4. The monoisotopic (exact) mass is 1030 g/mol. The summed E-state index contributed by atoms with van der Waals surface area (Å²) in [5.41, 5.74) is 10.3. The average Bonchev–Trinajstić information content (AvgIpc) is 3.42. The van der Waals surface area contributed by atoms with Gasteiger partial charge in [-0.15, -0.1) is 0 Å². The molecule has 0 bridgehead atoms. The Bertz CT molecular complexity index is 3590. The lowest BCUT2D eigenvalue weighted by atomic mass is 9.98. The zero-order valence-corrected chi connectivity index (χ0v) is 41.8. The Balaban J connectivity index is 0.000000182. The molecule has 0 saturated carbocycles. The largest absolute Gasteiger partial charge is 0.493 e. The Labute approximate surface area is 430 Å². The standard InChI is InChI=1S/C29H29N3O4S.C29H25N3O4S/c2*30-19-20-10-13-25-26(14-15-36-28(25)16-20)31-29(33)18-27(22-7-2-1-3-8-22)32-37(34,35)24-12-11-21-6-4-5-9-23(21)17-24/h1-13,16-17,26-27,32H,14-15,18-19,30H2,(H,31,33);1-13,16-17,26-27,32H,14-15,18H2,(H,31,33). The number of nitrogens with one attached hydrogen (secondary N) is 4. The predicted molar refractivity (Wildman–Crippen MR) is 284 cm³/mol. The lowest BCUT2D eigenvalue weighted by Gasteiger charge is -2.28. The summed E-state index contributed by atoms with van der Waals surface area (Å²) < 4.78 is 70.5. The van der Waals surface area contributed by atoms with Crippen molar-refractivity contribution in [2.75, 3.05) is 13.2 Å². The Morgan fingerprint density at radius 1 is 0.541 bits per heavy atom. The van der Waals surface area contributed by atoms with Crippen LogP contribution in [0.1, 0.15) is 83.2 Å². The highest BCUT2D eigenvalue weighted by atomic mass is 32.2. The van der Waals surface area contributed by atoms with Gasteiger partial charge in [-0.05, 0) is 80.7 Å². The van der Waals surface area contributed by atoms with Gasteiger partial charge in [-0.3, -0.25) is 9.59 Å². The van der Waals surface area contributed by atoms with Crippen molar-refractivity contribution in [3.8, 4) is 17.6 Å². The molecule has 0 saturated heterocycles. The van der Waals surface area contributed by atoms with E-state index in [0.717, 1.165) is 44.0 Å². The van der Waals surface area contributed by atoms with Gasteiger partial charge in [0.25, 0.3) is 0 Å². The number of hydrogen-bond donors (Lipinski definition) is 5. The molecule has 2 aliphatic heterocycles. The molecular weight excluding hydrogens is 973 g/mol. The van der Waals surface area contributed by atoms with Gasteiger partial charge in [0.05, 0.1) is 58.8 Å². The minimum Gasteiger partial charge on any atom is -0.493 e. The normalized spacial score (nSPS) is 15.8. The van der Waals surface area contributed by atoms with Gasteiger partial charge in [0.15, 0.2) is 0 Å². The van der Waals surface area contributed by atoms with Crippen LogP contribution in [0.25, 0.3) is 21.5 Å². The van der Waals surface area contributed by atoms with Crippen molar-refractivity contribution in [3.05, 3.63) is 215 Å². The molecule has 8 aromatic carbocycles. The molecule has 376 valence electrons. The maximum Gasteiger partial charge on any atom is 0.241 e. The van der Waals surface area contributed by atoms with E-state index in [1.165, 1.54) is 0 Å². The Kier molecular flexibility index (Phi) is 15.8. The summed E-state index contributed by atoms with van der Waals surface area (Å²) in [7, 11) is -7.81. The van der Waals surface area contributed by atoms with Crippen molar-refractivity contribution < 1.29 is 35.9 Å². The molecule has 4 atom stereocenters. The number of rotatable bonds is 15. The molecule has 0 spiro atoms. The van der Waals surface area contributed by atoms with Crippen LogP contribution in [0.5, 0.6) is 11.5 Å². The summed E-state index contributed by atoms with van der Waals surface area (Å²) in [6.07, 6.45) is 1.06. The van der Waals surface area contributed by atoms with E-state index in [-0.39, 0.29) is 46.5 Å². The summed E-state index contributed by atoms with van der Waals surface area (Å²) in [5.74, 6) is 0.747. The highest BCUT2D eigenvalue weighted by Gasteiger charge is 2.30. The van der Waals surface area contributed by atoms with Crippen molar-refractivity contribution in [2.45, 2.75) is 66.2 Å². The van der Waals surface area contributed by atoms with Crippen molar-refractivity contribution >= 4 is 53.4 Å². The number of carbonyl (C=O) groups is 2. The van der Waals surface area contributed by atoms with Gasteiger partial charge in [0.2, 0.25) is 31.9 Å². The first-order valence-corrected chi connectivity index (χ1v) is 27.2. The maximum atomic E-state index is 13.4. The van der Waals surface area contributed by atoms with E-state index in [9.17, 15) is 26.4 Å². The summed E-state index contributed by atoms with van der Waals surface area (Å²) in [5, 5.41) is 18.8. The first kappa shape index (κ1) is 51.0. The zero-order valence-electron chi connectivity index (χ0n) is 40.2. The van der Waals surface area contributed by atoms with Crippen LogP contribution < -0.4 is 35.3 Å². The van der Waals surface area contributed by atoms with Crippen molar-refractivity contribution in [3.63, 3.8) is 0 Å². The predicted octanol–water partition coefficient (Wildman–Crippen LogP) is 9.11. The SMILES string of the molecule is N#Cc1ccc2c(c1)OCCC2NC(=O)CC(NS(=O)(=O)c1ccc2ccccc2c1)c1ccccc1.NCc1ccc2c(c1)OCCC2NC(=O)CC(NS(=O)(=O)c1ccc2ccccc2c1)c1ccccc1. The maximum absolute atomic E-state index is 13.4. The third-order valence-electron chi connectivity index (χ3n) is 13.0. The van der Waals surface area contributed by atoms with Crippen LogP contribution in [0.4, 0.5) is 0 Å². The fourth-order valence-electron chi connectivity index (χ4n) is 9.20. The van der Waals surface area contributed by atoms with Crippen molar-refractivity contribution in [2.24, 2.45) is 5.73 Å². The van der Waals surface area contributed by atoms with Gasteiger partial charge in [0.1, 0.15) is 11.5 Å². The van der Waals surface area contributed by atoms with Crippen molar-refractivity contribution in [1.82, 2.24) is 20.1 Å². The lowest BCUT2D eigenvalue weighted by molar-refractivity contribution is -0.123. The van der Waals surface area contributed by atoms with Gasteiger partial charge in [-0.25, -0.2) is 26.3 Å². The number of carbonyl (C=O) groups excluding carboxylic acids is 2. The minimum atomic E-state index is -3.91. The van der Waals surface area contributed by atoms with Crippen LogP contribution in [0.3, 0.4) is 0 Å². The molecule has 74 heavy (non-hydrogen) atoms. The molecule has 2 aliphatic rings. The molecule has 10 rings (SSSR count). The fraction of sp³-hybridized carbons (Fsp3) is 0.190. The number of benzene rings is 8. The second kappa shape index (κ2) is 22.9. The van der Waals surface area contributed by atoms with E-state index in [1.54, 1.807) is 66.7 Å². The Morgan fingerprint density at radius 3 is 1.43 bits per heavy atom. The van der Waals surface area contributed by atoms with Crippen LogP contribution in [0.2, 0.25) is 0 Å². The van der Waals surface area contributed by atoms with Crippen LogP contribution in [-0.2, 0) is 36.2 Å². The third-order valence-corrected chi connectivity index (χ3v) is 16.0. The molecule has 6 N–H and O–H groups in total. The molecule has 0 fully saturated rings. The van der Waals surface area contributed by atoms with E-state index in [0.29, 0.717) is 55.0 Å². The summed E-state index contributed by atoms with van der Waals surface area (Å²) in [6.45, 7) is 1.29. The van der Waals surface area contributed by atoms with Gasteiger partial charge >= 0.3 is 0 Å². The first-order valence-electron chi connectivity index (χ1n) is 24.2. The molecule has 8 aromatic rings. The van der Waals surface area contributed by atoms with Crippen LogP contribution in [0, 0.1) is 11.3 Å². The molecule has 0 aliphatic carbocycles. The van der Waals surface area contributed by atoms with E-state index >= 15 is 0 Å². The van der Waals surface area contributed by atoms with Gasteiger partial charge < -0.3 is 25.8 Å². The number of nitrogens with zero attached hydrogens (tertiary/aromatic N) is 1. The number of hydrogen-bond acceptors (Lipinski definition) is 10. The molecule has 0 aromatic heterocycles. The first-order chi connectivity index (χ1) is 35.8. The zero-order chi connectivity index (χ0) is 51.7. The molecule has 4 unspecified atom stereocenters. The lowest BCUT2D eigenvalue weighted by Crippen LogP contribution is -2.36. The second-order valence-corrected chi connectivity index (χ2v) is 21.5. The highest BCUT2D eigenvalue weighted by molar-refractivity contribution is 7.89. The Morgan fingerprint density at radius 2 is 0.973 bits per heavy atom. The molecule has 0 radical (unpaired) electrons. The van der Waals surface area contributed by atoms with E-state index < -0.39 is 32.1 Å². The van der Waals surface area contributed by atoms with Gasteiger partial charge in [-0.2, -0.15) is 5.26 Å². The minimum absolute atomic E-state index is 0.0512. The van der Waals surface area contributed by atoms with Crippen molar-refractivity contribution in [1.29, 1.82) is 5.26 Å². The summed E-state index contributed by atoms with van der Waals surface area (Å²) in [6, 6.07) is 54.3. The van der Waals surface area contributed by atoms with E-state index in [1.807, 2.05) is 115 Å². The van der Waals surface area contributed by atoms with Crippen LogP contribution in [-0.4, -0.2) is 41.9 Å². The number of amides is 2. The molecule has 2 amide bonds. The number of sulfonamides is 2. The molecule has 16 heteroatoms. The van der Waals surface area contributed by atoms with Gasteiger partial charge in [-0.1, -0.05) is 140 Å². The van der Waals surface area contributed by atoms with E-state index in [4.69, 9.17) is 20.5 Å². The topological polar surface area (TPSA) is 219 Å². The van der Waals surface area contributed by atoms with Crippen LogP contribution in [0.15, 0.2) is 192 Å². The fourth-order valence-corrected chi connectivity index (χ4v) is 11.7. The Hall–Kier alpha value is -7.91. The summed E-state index contributed by atoms with van der Waals surface area (Å²) in [4.78, 5) is 26.7. The molecule has 2 heterocycles. The number of ether oxygens (including phenoxy) is 2. The van der Waals surface area contributed by atoms with E-state index in [2.05, 4.69) is 26.1 Å². The van der Waals surface area contributed by atoms with Gasteiger partial charge in [0, 0.05) is 43.4 Å². The smallest absolute Gasteiger partial charge is 0.241 e. The van der Waals surface area contributed by atoms with Crippen LogP contribution >= 0.6 is 0 Å². The quantitative estimate of drug-likeness (QED) is 0.0656. The third kappa shape index (κ3) is 12.3.